The van der Waals surface area contributed by atoms with Crippen LogP contribution < -0.4 is 15.0 Å². The first kappa shape index (κ1) is 30.6. The molecule has 0 saturated carbocycles. The third-order valence-electron chi connectivity index (χ3n) is 6.95. The van der Waals surface area contributed by atoms with E-state index in [4.69, 9.17) is 27.9 Å². The van der Waals surface area contributed by atoms with Gasteiger partial charge in [0.15, 0.2) is 6.10 Å². The molecule has 1 N–H and O–H groups in total. The number of fused-ring (bicyclic) bond motifs is 1. The van der Waals surface area contributed by atoms with Crippen LogP contribution in [0.5, 0.6) is 5.75 Å². The Morgan fingerprint density at radius 1 is 0.884 bits per heavy atom. The fourth-order valence-electron chi connectivity index (χ4n) is 4.76. The Bertz CT molecular complexity index is 1700. The number of para-hydroxylation sites is 2. The standard InChI is InChI=1S/C32H29Cl2N3O5S/c33-25-15-16-26(34)30(19-25)43(40,41)36(20-24-11-5-2-6-12-24)22-31(38)37-21-29(42-28-14-8-7-13-27(28)37)32(39)35-18-17-23-9-3-1-4-10-23/h1-16,19,29H,17-18,20-22H2,(H,35,39)/t29-/m1/s1. The fraction of sp³-hybridized carbons (Fsp3) is 0.188. The predicted octanol–water partition coefficient (Wildman–Crippen LogP) is 5.34. The zero-order valence-corrected chi connectivity index (χ0v) is 25.4. The Hall–Kier alpha value is -3.89. The first-order valence-electron chi connectivity index (χ1n) is 13.6. The molecule has 43 heavy (non-hydrogen) atoms. The number of ether oxygens (including phenoxy) is 1. The highest BCUT2D eigenvalue weighted by Crippen LogP contribution is 2.34. The van der Waals surface area contributed by atoms with Crippen LogP contribution in [0.15, 0.2) is 108 Å². The number of halogens is 2. The SMILES string of the molecule is O=C(NCCc1ccccc1)[C@H]1CN(C(=O)CN(Cc2ccccc2)S(=O)(=O)c2cc(Cl)ccc2Cl)c2ccccc2O1. The van der Waals surface area contributed by atoms with Crippen LogP contribution in [0, 0.1) is 0 Å². The molecular formula is C32H29Cl2N3O5S. The molecule has 222 valence electrons. The molecule has 4 aromatic rings. The van der Waals surface area contributed by atoms with E-state index in [-0.39, 0.29) is 33.9 Å². The van der Waals surface area contributed by atoms with Gasteiger partial charge in [-0.3, -0.25) is 9.59 Å². The monoisotopic (exact) mass is 637 g/mol. The second-order valence-electron chi connectivity index (χ2n) is 9.94. The van der Waals surface area contributed by atoms with E-state index in [1.807, 2.05) is 36.4 Å². The summed E-state index contributed by atoms with van der Waals surface area (Å²) in [6, 6.07) is 29.7. The number of rotatable bonds is 10. The van der Waals surface area contributed by atoms with Gasteiger partial charge in [-0.25, -0.2) is 8.42 Å². The summed E-state index contributed by atoms with van der Waals surface area (Å²) in [6.07, 6.45) is -0.354. The van der Waals surface area contributed by atoms with E-state index < -0.39 is 28.6 Å². The van der Waals surface area contributed by atoms with Gasteiger partial charge in [-0.1, -0.05) is 96.0 Å². The summed E-state index contributed by atoms with van der Waals surface area (Å²) in [5.74, 6) is -0.557. The van der Waals surface area contributed by atoms with Crippen LogP contribution in [0.25, 0.3) is 0 Å². The summed E-state index contributed by atoms with van der Waals surface area (Å²) in [6.45, 7) is -0.310. The maximum absolute atomic E-state index is 13.9. The van der Waals surface area contributed by atoms with Crippen LogP contribution in [0.4, 0.5) is 5.69 Å². The molecule has 0 aromatic heterocycles. The second-order valence-corrected chi connectivity index (χ2v) is 12.7. The number of sulfonamides is 1. The Kier molecular flexibility index (Phi) is 9.67. The van der Waals surface area contributed by atoms with Gasteiger partial charge in [0.05, 0.1) is 23.8 Å². The Morgan fingerprint density at radius 3 is 2.26 bits per heavy atom. The summed E-state index contributed by atoms with van der Waals surface area (Å²) in [7, 11) is -4.27. The van der Waals surface area contributed by atoms with Crippen LogP contribution in [-0.2, 0) is 32.6 Å². The molecule has 11 heteroatoms. The van der Waals surface area contributed by atoms with Crippen molar-refractivity contribution < 1.29 is 22.7 Å². The largest absolute Gasteiger partial charge is 0.477 e. The summed E-state index contributed by atoms with van der Waals surface area (Å²) < 4.78 is 34.8. The molecule has 0 spiro atoms. The van der Waals surface area contributed by atoms with E-state index in [2.05, 4.69) is 5.32 Å². The van der Waals surface area contributed by atoms with E-state index in [0.717, 1.165) is 9.87 Å². The Balaban J connectivity index is 1.39. The van der Waals surface area contributed by atoms with Gasteiger partial charge in [-0.05, 0) is 47.9 Å². The molecule has 0 fully saturated rings. The summed E-state index contributed by atoms with van der Waals surface area (Å²) >= 11 is 12.4. The Labute approximate surface area is 260 Å². The number of amides is 2. The van der Waals surface area contributed by atoms with Crippen molar-refractivity contribution in [1.29, 1.82) is 0 Å². The van der Waals surface area contributed by atoms with Crippen LogP contribution >= 0.6 is 23.2 Å². The fourth-order valence-corrected chi connectivity index (χ4v) is 6.87. The molecule has 0 aliphatic carbocycles. The second kappa shape index (κ2) is 13.6. The zero-order chi connectivity index (χ0) is 30.4. The van der Waals surface area contributed by atoms with Gasteiger partial charge in [0.25, 0.3) is 5.91 Å². The Morgan fingerprint density at radius 2 is 1.53 bits per heavy atom. The van der Waals surface area contributed by atoms with Crippen molar-refractivity contribution in [3.05, 3.63) is 124 Å². The topological polar surface area (TPSA) is 96.0 Å². The molecule has 1 heterocycles. The smallest absolute Gasteiger partial charge is 0.262 e. The first-order valence-corrected chi connectivity index (χ1v) is 15.8. The van der Waals surface area contributed by atoms with E-state index in [9.17, 15) is 18.0 Å². The molecule has 0 unspecified atom stereocenters. The van der Waals surface area contributed by atoms with Crippen LogP contribution in [0.3, 0.4) is 0 Å². The number of hydrogen-bond acceptors (Lipinski definition) is 5. The molecule has 1 aliphatic heterocycles. The minimum absolute atomic E-state index is 0.0149. The number of carbonyl (C=O) groups is 2. The molecule has 1 aliphatic rings. The first-order chi connectivity index (χ1) is 20.7. The highest BCUT2D eigenvalue weighted by molar-refractivity contribution is 7.89. The molecule has 5 rings (SSSR count). The molecule has 0 radical (unpaired) electrons. The van der Waals surface area contributed by atoms with Crippen molar-refractivity contribution in [1.82, 2.24) is 9.62 Å². The minimum atomic E-state index is -4.27. The summed E-state index contributed by atoms with van der Waals surface area (Å²) in [5, 5.41) is 3.06. The van der Waals surface area contributed by atoms with Gasteiger partial charge < -0.3 is 15.0 Å². The van der Waals surface area contributed by atoms with Crippen LogP contribution in [0.1, 0.15) is 11.1 Å². The normalized spacial score (nSPS) is 14.6. The summed E-state index contributed by atoms with van der Waals surface area (Å²) in [5.41, 5.74) is 2.20. The van der Waals surface area contributed by atoms with Gasteiger partial charge in [-0.15, -0.1) is 0 Å². The van der Waals surface area contributed by atoms with Crippen molar-refractivity contribution in [2.75, 3.05) is 24.5 Å². The molecule has 0 bridgehead atoms. The van der Waals surface area contributed by atoms with Crippen molar-refractivity contribution in [2.45, 2.75) is 24.0 Å². The van der Waals surface area contributed by atoms with Gasteiger partial charge in [0, 0.05) is 18.1 Å². The maximum Gasteiger partial charge on any atom is 0.262 e. The average Bonchev–Trinajstić information content (AvgIpc) is 3.02. The molecule has 0 saturated heterocycles. The van der Waals surface area contributed by atoms with E-state index >= 15 is 0 Å². The molecule has 4 aromatic carbocycles. The number of nitrogens with zero attached hydrogens (tertiary/aromatic N) is 2. The van der Waals surface area contributed by atoms with E-state index in [1.165, 1.54) is 23.1 Å². The zero-order valence-electron chi connectivity index (χ0n) is 23.0. The van der Waals surface area contributed by atoms with Gasteiger partial charge in [0.1, 0.15) is 10.6 Å². The minimum Gasteiger partial charge on any atom is -0.477 e. The highest BCUT2D eigenvalue weighted by atomic mass is 35.5. The van der Waals surface area contributed by atoms with E-state index in [0.29, 0.717) is 30.0 Å². The number of benzene rings is 4. The van der Waals surface area contributed by atoms with Crippen LogP contribution in [-0.4, -0.2) is 50.3 Å². The van der Waals surface area contributed by atoms with Gasteiger partial charge in [0.2, 0.25) is 15.9 Å². The molecular weight excluding hydrogens is 609 g/mol. The lowest BCUT2D eigenvalue weighted by Crippen LogP contribution is -2.53. The lowest BCUT2D eigenvalue weighted by atomic mass is 10.1. The van der Waals surface area contributed by atoms with Gasteiger partial charge >= 0.3 is 0 Å². The quantitative estimate of drug-likeness (QED) is 0.253. The lowest BCUT2D eigenvalue weighted by molar-refractivity contribution is -0.128. The maximum atomic E-state index is 13.9. The number of nitrogens with one attached hydrogen (secondary N) is 1. The third kappa shape index (κ3) is 7.37. The van der Waals surface area contributed by atoms with Crippen molar-refractivity contribution in [2.24, 2.45) is 0 Å². The highest BCUT2D eigenvalue weighted by Gasteiger charge is 2.36. The number of anilines is 1. The van der Waals surface area contributed by atoms with Crippen molar-refractivity contribution >= 4 is 50.7 Å². The number of hydrogen-bond donors (Lipinski definition) is 1. The lowest BCUT2D eigenvalue weighted by Gasteiger charge is -2.35. The van der Waals surface area contributed by atoms with Crippen LogP contribution in [0.2, 0.25) is 10.0 Å². The van der Waals surface area contributed by atoms with Crippen molar-refractivity contribution in [3.63, 3.8) is 0 Å². The average molecular weight is 639 g/mol. The van der Waals surface area contributed by atoms with Crippen molar-refractivity contribution in [3.8, 4) is 5.75 Å². The third-order valence-corrected chi connectivity index (χ3v) is 9.46. The van der Waals surface area contributed by atoms with Gasteiger partial charge in [-0.2, -0.15) is 4.31 Å². The van der Waals surface area contributed by atoms with E-state index in [1.54, 1.807) is 48.5 Å². The molecule has 1 atom stereocenters. The molecule has 8 nitrogen and oxygen atoms in total. The summed E-state index contributed by atoms with van der Waals surface area (Å²) in [4.78, 5) is 28.3. The molecule has 2 amide bonds. The number of carbonyl (C=O) groups excluding carboxylic acids is 2. The predicted molar refractivity (Wildman–Crippen MR) is 167 cm³/mol.